The second kappa shape index (κ2) is 25.3. The van der Waals surface area contributed by atoms with Crippen LogP contribution in [0.4, 0.5) is 0 Å². The van der Waals surface area contributed by atoms with Gasteiger partial charge in [-0.3, -0.25) is 19.7 Å². The van der Waals surface area contributed by atoms with Gasteiger partial charge in [-0.15, -0.1) is 12.6 Å². The number of carboxylic acids is 2. The van der Waals surface area contributed by atoms with Crippen molar-refractivity contribution in [1.29, 1.82) is 0 Å². The Hall–Kier alpha value is -1.65. The third-order valence-electron chi connectivity index (χ3n) is 7.01. The molecule has 1 unspecified atom stereocenters. The highest BCUT2D eigenvalue weighted by Gasteiger charge is 2.22. The van der Waals surface area contributed by atoms with E-state index in [0.29, 0.717) is 19.3 Å². The van der Waals surface area contributed by atoms with E-state index in [2.05, 4.69) is 23.3 Å². The molecule has 0 saturated heterocycles. The van der Waals surface area contributed by atoms with Crippen LogP contribution in [-0.2, 0) is 19.2 Å². The molecule has 0 aromatic carbocycles. The quantitative estimate of drug-likeness (QED) is 0.0402. The molecule has 0 aromatic rings. The summed E-state index contributed by atoms with van der Waals surface area (Å²) in [5.41, 5.74) is 0. The van der Waals surface area contributed by atoms with Crippen molar-refractivity contribution >= 4 is 35.6 Å². The van der Waals surface area contributed by atoms with Crippen LogP contribution in [0.25, 0.3) is 0 Å². The van der Waals surface area contributed by atoms with E-state index in [1.807, 2.05) is 0 Å². The SMILES string of the molecule is CC[C@H](NC(O)CC[C@H](NC(=O)CCCCCCCCCCCCCCCCCCC(=O)O)C(=O)O)C(=O)S. The number of hydrogen-bond donors (Lipinski definition) is 6. The van der Waals surface area contributed by atoms with Gasteiger partial charge in [-0.2, -0.15) is 0 Å². The molecule has 0 radical (unpaired) electrons. The summed E-state index contributed by atoms with van der Waals surface area (Å²) in [6, 6.07) is -1.67. The average molecular weight is 575 g/mol. The van der Waals surface area contributed by atoms with Crippen molar-refractivity contribution in [2.75, 3.05) is 0 Å². The molecule has 0 aromatic heterocycles. The third-order valence-corrected chi connectivity index (χ3v) is 7.32. The molecule has 0 aliphatic rings. The highest BCUT2D eigenvalue weighted by Crippen LogP contribution is 2.14. The van der Waals surface area contributed by atoms with Crippen LogP contribution < -0.4 is 10.6 Å². The lowest BCUT2D eigenvalue weighted by molar-refractivity contribution is -0.142. The molecule has 0 heterocycles. The molecule has 9 nitrogen and oxygen atoms in total. The Kier molecular flexibility index (Phi) is 24.3. The van der Waals surface area contributed by atoms with Crippen LogP contribution in [0.3, 0.4) is 0 Å². The first kappa shape index (κ1) is 37.4. The van der Waals surface area contributed by atoms with Gasteiger partial charge in [0.05, 0.1) is 6.04 Å². The molecule has 39 heavy (non-hydrogen) atoms. The first-order valence-electron chi connectivity index (χ1n) is 15.1. The normalized spacial score (nSPS) is 13.5. The molecule has 1 amide bonds. The molecular formula is C29H54N2O7S. The van der Waals surface area contributed by atoms with Crippen LogP contribution in [0.2, 0.25) is 0 Å². The maximum atomic E-state index is 12.2. The Labute approximate surface area is 240 Å². The summed E-state index contributed by atoms with van der Waals surface area (Å²) in [5.74, 6) is -2.13. The minimum absolute atomic E-state index is 0.0582. The van der Waals surface area contributed by atoms with E-state index in [1.165, 1.54) is 57.8 Å². The molecule has 0 bridgehead atoms. The third kappa shape index (κ3) is 23.9. The van der Waals surface area contributed by atoms with E-state index >= 15 is 0 Å². The zero-order chi connectivity index (χ0) is 29.3. The fourth-order valence-electron chi connectivity index (χ4n) is 4.56. The lowest BCUT2D eigenvalue weighted by Gasteiger charge is -2.20. The smallest absolute Gasteiger partial charge is 0.326 e. The zero-order valence-corrected chi connectivity index (χ0v) is 24.9. The fourth-order valence-corrected chi connectivity index (χ4v) is 4.82. The summed E-state index contributed by atoms with van der Waals surface area (Å²) < 4.78 is 0. The number of carbonyl (C=O) groups is 4. The van der Waals surface area contributed by atoms with Gasteiger partial charge in [0, 0.05) is 12.8 Å². The molecule has 0 saturated carbocycles. The highest BCUT2D eigenvalue weighted by molar-refractivity contribution is 7.96. The highest BCUT2D eigenvalue weighted by atomic mass is 32.1. The number of amides is 1. The predicted molar refractivity (Wildman–Crippen MR) is 157 cm³/mol. The number of nitrogens with one attached hydrogen (secondary N) is 2. The predicted octanol–water partition coefficient (Wildman–Crippen LogP) is 5.59. The molecule has 0 aliphatic heterocycles. The van der Waals surface area contributed by atoms with Gasteiger partial charge >= 0.3 is 11.9 Å². The summed E-state index contributed by atoms with van der Waals surface area (Å²) in [4.78, 5) is 45.5. The zero-order valence-electron chi connectivity index (χ0n) is 24.0. The lowest BCUT2D eigenvalue weighted by atomic mass is 10.0. The second-order valence-electron chi connectivity index (χ2n) is 10.6. The van der Waals surface area contributed by atoms with Crippen molar-refractivity contribution in [1.82, 2.24) is 10.6 Å². The van der Waals surface area contributed by atoms with Crippen LogP contribution in [0.15, 0.2) is 0 Å². The van der Waals surface area contributed by atoms with Crippen LogP contribution >= 0.6 is 12.6 Å². The maximum absolute atomic E-state index is 12.2. The van der Waals surface area contributed by atoms with Gasteiger partial charge in [0.2, 0.25) is 11.0 Å². The maximum Gasteiger partial charge on any atom is 0.326 e. The van der Waals surface area contributed by atoms with E-state index in [9.17, 15) is 29.4 Å². The monoisotopic (exact) mass is 574 g/mol. The molecular weight excluding hydrogens is 520 g/mol. The largest absolute Gasteiger partial charge is 0.481 e. The number of aliphatic hydroxyl groups is 1. The number of rotatable bonds is 28. The van der Waals surface area contributed by atoms with E-state index < -0.39 is 30.3 Å². The molecule has 0 spiro atoms. The standard InChI is InChI=1S/C29H54N2O7S/c1-2-23(29(38)39)30-26(33)22-21-24(28(36)37)31-25(32)19-17-15-13-11-9-7-5-3-4-6-8-10-12-14-16-18-20-27(34)35/h23-24,26,30,33H,2-22H2,1H3,(H,31,32)(H,34,35)(H,36,37)(H,38,39)/t23-,24-,26?/m0/s1. The van der Waals surface area contributed by atoms with Gasteiger partial charge in [-0.25, -0.2) is 4.79 Å². The number of carbonyl (C=O) groups excluding carboxylic acids is 2. The fraction of sp³-hybridized carbons (Fsp3) is 0.862. The molecule has 3 atom stereocenters. The van der Waals surface area contributed by atoms with Crippen molar-refractivity contribution in [2.45, 2.75) is 160 Å². The first-order chi connectivity index (χ1) is 18.7. The Morgan fingerprint density at radius 2 is 1.05 bits per heavy atom. The van der Waals surface area contributed by atoms with Crippen molar-refractivity contribution < 1.29 is 34.5 Å². The minimum atomic E-state index is -1.14. The van der Waals surface area contributed by atoms with E-state index in [1.54, 1.807) is 6.92 Å². The Bertz CT molecular complexity index is 678. The molecule has 0 rings (SSSR count). The van der Waals surface area contributed by atoms with Crippen LogP contribution in [0.5, 0.6) is 0 Å². The van der Waals surface area contributed by atoms with E-state index in [4.69, 9.17) is 5.11 Å². The van der Waals surface area contributed by atoms with Crippen molar-refractivity contribution in [3.05, 3.63) is 0 Å². The van der Waals surface area contributed by atoms with Crippen LogP contribution in [0, 0.1) is 0 Å². The topological polar surface area (TPSA) is 153 Å². The Morgan fingerprint density at radius 3 is 1.41 bits per heavy atom. The number of carboxylic acid groups (broad SMARTS) is 2. The molecule has 228 valence electrons. The molecule has 5 N–H and O–H groups in total. The number of hydrogen-bond acceptors (Lipinski definition) is 6. The molecule has 0 fully saturated rings. The number of thiol groups is 1. The molecule has 0 aliphatic carbocycles. The lowest BCUT2D eigenvalue weighted by Crippen LogP contribution is -2.44. The van der Waals surface area contributed by atoms with Crippen molar-refractivity contribution in [3.8, 4) is 0 Å². The van der Waals surface area contributed by atoms with Gasteiger partial charge < -0.3 is 20.6 Å². The Morgan fingerprint density at radius 1 is 0.641 bits per heavy atom. The number of unbranched alkanes of at least 4 members (excludes halogenated alkanes) is 15. The van der Waals surface area contributed by atoms with Crippen molar-refractivity contribution in [3.63, 3.8) is 0 Å². The van der Waals surface area contributed by atoms with Crippen LogP contribution in [-0.4, -0.2) is 56.6 Å². The second-order valence-corrected chi connectivity index (χ2v) is 11.0. The Balaban J connectivity index is 3.66. The van der Waals surface area contributed by atoms with Gasteiger partial charge in [0.1, 0.15) is 12.3 Å². The number of aliphatic hydroxyl groups excluding tert-OH is 1. The van der Waals surface area contributed by atoms with Crippen LogP contribution in [0.1, 0.15) is 142 Å². The minimum Gasteiger partial charge on any atom is -0.481 e. The summed E-state index contributed by atoms with van der Waals surface area (Å²) in [7, 11) is 0. The van der Waals surface area contributed by atoms with Crippen molar-refractivity contribution in [2.24, 2.45) is 0 Å². The van der Waals surface area contributed by atoms with Gasteiger partial charge in [0.25, 0.3) is 0 Å². The number of aliphatic carboxylic acids is 2. The average Bonchev–Trinajstić information content (AvgIpc) is 2.88. The van der Waals surface area contributed by atoms with E-state index in [-0.39, 0.29) is 23.9 Å². The summed E-state index contributed by atoms with van der Waals surface area (Å²) in [6.45, 7) is 1.78. The summed E-state index contributed by atoms with van der Waals surface area (Å²) in [6.07, 6.45) is 18.3. The molecule has 10 heteroatoms. The summed E-state index contributed by atoms with van der Waals surface area (Å²) >= 11 is 3.76. The van der Waals surface area contributed by atoms with Gasteiger partial charge in [0.15, 0.2) is 0 Å². The first-order valence-corrected chi connectivity index (χ1v) is 15.5. The summed E-state index contributed by atoms with van der Waals surface area (Å²) in [5, 5.41) is 32.9. The van der Waals surface area contributed by atoms with Gasteiger partial charge in [-0.1, -0.05) is 96.8 Å². The van der Waals surface area contributed by atoms with Gasteiger partial charge in [-0.05, 0) is 32.1 Å². The van der Waals surface area contributed by atoms with E-state index in [0.717, 1.165) is 44.9 Å².